The van der Waals surface area contributed by atoms with Gasteiger partial charge < -0.3 is 0 Å². The minimum Gasteiger partial charge on any atom is -0.280 e. The average molecular weight is 389 g/mol. The Labute approximate surface area is 163 Å². The molecule has 0 fully saturated rings. The van der Waals surface area contributed by atoms with Gasteiger partial charge in [-0.3, -0.25) is 9.36 Å². The second-order valence-electron chi connectivity index (χ2n) is 6.34. The first-order chi connectivity index (χ1) is 13.9. The van der Waals surface area contributed by atoms with E-state index in [4.69, 9.17) is 6.42 Å². The molecule has 0 spiro atoms. The first-order valence-electron chi connectivity index (χ1n) is 8.56. The van der Waals surface area contributed by atoms with Crippen LogP contribution in [0.1, 0.15) is 5.56 Å². The number of aryl methyl sites for hydroxylation is 1. The minimum atomic E-state index is -1.14. The number of aromatic nitrogens is 3. The van der Waals surface area contributed by atoms with E-state index in [1.165, 1.54) is 36.5 Å². The van der Waals surface area contributed by atoms with E-state index in [0.717, 1.165) is 16.7 Å². The Balaban J connectivity index is 0.000000286. The number of rotatable bonds is 1. The van der Waals surface area contributed by atoms with Crippen molar-refractivity contribution in [1.82, 2.24) is 14.1 Å². The van der Waals surface area contributed by atoms with Crippen molar-refractivity contribution in [1.29, 1.82) is 0 Å². The van der Waals surface area contributed by atoms with Gasteiger partial charge >= 0.3 is 5.69 Å². The maximum absolute atomic E-state index is 14.4. The van der Waals surface area contributed by atoms with Crippen LogP contribution in [0.3, 0.4) is 0 Å². The number of terminal acetylenes is 1. The molecule has 29 heavy (non-hydrogen) atoms. The summed E-state index contributed by atoms with van der Waals surface area (Å²) in [6.45, 7) is 0. The Morgan fingerprint density at radius 2 is 1.66 bits per heavy atom. The summed E-state index contributed by atoms with van der Waals surface area (Å²) in [6.07, 6.45) is 6.56. The van der Waals surface area contributed by atoms with Gasteiger partial charge in [-0.15, -0.1) is 6.42 Å². The highest BCUT2D eigenvalue weighted by Gasteiger charge is 2.21. The molecule has 2 aromatic heterocycles. The lowest BCUT2D eigenvalue weighted by Crippen LogP contribution is -2.39. The van der Waals surface area contributed by atoms with Crippen LogP contribution in [0.4, 0.5) is 8.78 Å². The highest BCUT2D eigenvalue weighted by atomic mass is 19.1. The average Bonchev–Trinajstić information content (AvgIpc) is 2.72. The maximum atomic E-state index is 14.4. The molecule has 142 valence electrons. The maximum Gasteiger partial charge on any atom is 0.337 e. The van der Waals surface area contributed by atoms with Crippen molar-refractivity contribution < 1.29 is 8.78 Å². The van der Waals surface area contributed by atoms with Crippen molar-refractivity contribution in [3.05, 3.63) is 92.8 Å². The van der Waals surface area contributed by atoms with Gasteiger partial charge in [-0.05, 0) is 35.4 Å². The van der Waals surface area contributed by atoms with Crippen LogP contribution in [0.2, 0.25) is 0 Å². The molecule has 0 atom stereocenters. The summed E-state index contributed by atoms with van der Waals surface area (Å²) in [5.74, 6) is -0.164. The third kappa shape index (κ3) is 2.82. The van der Waals surface area contributed by atoms with E-state index in [2.05, 4.69) is 29.2 Å². The van der Waals surface area contributed by atoms with Crippen molar-refractivity contribution >= 4 is 11.0 Å². The van der Waals surface area contributed by atoms with E-state index >= 15 is 0 Å². The summed E-state index contributed by atoms with van der Waals surface area (Å²) in [6, 6.07) is 13.4. The van der Waals surface area contributed by atoms with Crippen LogP contribution in [-0.4, -0.2) is 14.1 Å². The van der Waals surface area contributed by atoms with E-state index in [1.54, 1.807) is 0 Å². The van der Waals surface area contributed by atoms with Gasteiger partial charge in [-0.2, -0.15) is 0 Å². The van der Waals surface area contributed by atoms with Gasteiger partial charge in [0.25, 0.3) is 5.56 Å². The summed E-state index contributed by atoms with van der Waals surface area (Å²) in [4.78, 5) is 28.9. The van der Waals surface area contributed by atoms with Crippen molar-refractivity contribution in [2.45, 2.75) is 0 Å². The highest BCUT2D eigenvalue weighted by molar-refractivity contribution is 5.75. The number of halogens is 2. The molecule has 0 saturated heterocycles. The van der Waals surface area contributed by atoms with E-state index in [-0.39, 0.29) is 16.6 Å². The highest BCUT2D eigenvalue weighted by Crippen LogP contribution is 2.29. The van der Waals surface area contributed by atoms with Crippen LogP contribution in [0.5, 0.6) is 0 Å². The fourth-order valence-corrected chi connectivity index (χ4v) is 3.00. The summed E-state index contributed by atoms with van der Waals surface area (Å²) in [5.41, 5.74) is 0.132. The van der Waals surface area contributed by atoms with Gasteiger partial charge in [0.05, 0.1) is 10.9 Å². The molecule has 0 aliphatic heterocycles. The quantitative estimate of drug-likeness (QED) is 0.414. The minimum absolute atomic E-state index is 0.0551. The fraction of sp³-hybridized carbons (Fsp3) is 0.0455. The molecular weight excluding hydrogens is 376 g/mol. The smallest absolute Gasteiger partial charge is 0.280 e. The largest absolute Gasteiger partial charge is 0.337 e. The molecule has 7 heteroatoms. The van der Waals surface area contributed by atoms with E-state index in [9.17, 15) is 18.4 Å². The lowest BCUT2D eigenvalue weighted by molar-refractivity contribution is 0.557. The SMILES string of the molecule is C#Cc1ccc(F)c(-n2c(=O)c3cccnc3n(C)c2=O)c1F.c1cc2ccc1-2. The third-order valence-electron chi connectivity index (χ3n) is 4.68. The molecule has 0 amide bonds. The number of hydrogen-bond donors (Lipinski definition) is 0. The fourth-order valence-electron chi connectivity index (χ4n) is 3.00. The topological polar surface area (TPSA) is 56.9 Å². The number of nitrogens with zero attached hydrogens (tertiary/aromatic N) is 3. The van der Waals surface area contributed by atoms with Crippen LogP contribution in [-0.2, 0) is 7.05 Å². The Hall–Kier alpha value is -4.05. The van der Waals surface area contributed by atoms with Crippen LogP contribution in [0.25, 0.3) is 27.8 Å². The monoisotopic (exact) mass is 389 g/mol. The molecule has 0 unspecified atom stereocenters. The van der Waals surface area contributed by atoms with Crippen LogP contribution in [0.15, 0.2) is 64.3 Å². The molecule has 2 aliphatic rings. The number of hydrogen-bond acceptors (Lipinski definition) is 3. The summed E-state index contributed by atoms with van der Waals surface area (Å²) < 4.78 is 30.0. The van der Waals surface area contributed by atoms with Gasteiger partial charge in [-0.1, -0.05) is 30.2 Å². The van der Waals surface area contributed by atoms with Crippen molar-refractivity contribution in [3.8, 4) is 29.2 Å². The van der Waals surface area contributed by atoms with E-state index in [1.807, 2.05) is 5.92 Å². The molecule has 2 heterocycles. The third-order valence-corrected chi connectivity index (χ3v) is 4.68. The summed E-state index contributed by atoms with van der Waals surface area (Å²) >= 11 is 0. The number of pyridine rings is 1. The predicted octanol–water partition coefficient (Wildman–Crippen LogP) is 3.01. The van der Waals surface area contributed by atoms with Crippen LogP contribution < -0.4 is 11.2 Å². The van der Waals surface area contributed by atoms with Gasteiger partial charge in [0.2, 0.25) is 0 Å². The second kappa shape index (κ2) is 6.84. The van der Waals surface area contributed by atoms with Gasteiger partial charge in [0.15, 0.2) is 11.6 Å². The molecule has 0 saturated carbocycles. The van der Waals surface area contributed by atoms with Crippen molar-refractivity contribution in [2.24, 2.45) is 7.05 Å². The molecule has 0 radical (unpaired) electrons. The normalized spacial score (nSPS) is 10.8. The Bertz CT molecular complexity index is 1410. The molecule has 0 bridgehead atoms. The zero-order valence-electron chi connectivity index (χ0n) is 15.2. The first-order valence-corrected chi connectivity index (χ1v) is 8.56. The van der Waals surface area contributed by atoms with Crippen molar-refractivity contribution in [3.63, 3.8) is 0 Å². The molecule has 5 nitrogen and oxygen atoms in total. The van der Waals surface area contributed by atoms with Gasteiger partial charge in [0.1, 0.15) is 11.3 Å². The van der Waals surface area contributed by atoms with Crippen molar-refractivity contribution in [2.75, 3.05) is 0 Å². The molecule has 5 rings (SSSR count). The molecule has 2 aliphatic carbocycles. The summed E-state index contributed by atoms with van der Waals surface area (Å²) in [5, 5.41) is 0.0551. The lowest BCUT2D eigenvalue weighted by atomic mass is 9.95. The van der Waals surface area contributed by atoms with Gasteiger partial charge in [0, 0.05) is 13.2 Å². The predicted molar refractivity (Wildman–Crippen MR) is 106 cm³/mol. The zero-order chi connectivity index (χ0) is 20.7. The summed E-state index contributed by atoms with van der Waals surface area (Å²) in [7, 11) is 1.36. The zero-order valence-corrected chi connectivity index (χ0v) is 15.2. The van der Waals surface area contributed by atoms with Crippen LogP contribution in [0, 0.1) is 24.0 Å². The standard InChI is InChI=1S/C16H9F2N3O2.C6H4/c1-3-9-6-7-11(17)13(12(9)18)21-15(22)10-5-4-8-19-14(10)20(2)16(21)23;1-2-6-4-3-5(1)6/h1,4-8H,2H3;1-4H. The number of fused-ring (bicyclic) bond motifs is 2. The van der Waals surface area contributed by atoms with Crippen LogP contribution >= 0.6 is 0 Å². The van der Waals surface area contributed by atoms with E-state index < -0.39 is 28.6 Å². The molecule has 0 N–H and O–H groups in total. The first kappa shape index (κ1) is 18.3. The van der Waals surface area contributed by atoms with E-state index in [0.29, 0.717) is 4.57 Å². The Morgan fingerprint density at radius 1 is 1.00 bits per heavy atom. The van der Waals surface area contributed by atoms with Gasteiger partial charge in [-0.25, -0.2) is 23.1 Å². The lowest BCUT2D eigenvalue weighted by Gasteiger charge is -2.12. The molecule has 1 aromatic carbocycles. The second-order valence-corrected chi connectivity index (χ2v) is 6.34. The molecule has 3 aromatic rings. The molecular formula is C22H13F2N3O2. The number of benzene rings is 2. The Morgan fingerprint density at radius 3 is 2.21 bits per heavy atom. The Kier molecular flexibility index (Phi) is 4.32.